The highest BCUT2D eigenvalue weighted by Crippen LogP contribution is 2.26. The normalized spacial score (nSPS) is 13.6. The van der Waals surface area contributed by atoms with Gasteiger partial charge in [-0.3, -0.25) is 0 Å². The molecule has 0 saturated heterocycles. The quantitative estimate of drug-likeness (QED) is 0.703. The smallest absolute Gasteiger partial charge is 0.0285 e. The minimum absolute atomic E-state index is 0.750. The van der Waals surface area contributed by atoms with Crippen molar-refractivity contribution in [3.63, 3.8) is 0 Å². The maximum Gasteiger partial charge on any atom is 0.0285 e. The van der Waals surface area contributed by atoms with E-state index in [1.165, 1.54) is 15.8 Å². The van der Waals surface area contributed by atoms with Crippen LogP contribution in [-0.4, -0.2) is 5.33 Å². The van der Waals surface area contributed by atoms with Gasteiger partial charge in [0.25, 0.3) is 0 Å². The second-order valence-corrected chi connectivity index (χ2v) is 6.15. The van der Waals surface area contributed by atoms with Crippen molar-refractivity contribution in [2.24, 2.45) is 11.8 Å². The van der Waals surface area contributed by atoms with Gasteiger partial charge in [0.05, 0.1) is 0 Å². The van der Waals surface area contributed by atoms with Crippen molar-refractivity contribution < 1.29 is 0 Å². The highest BCUT2D eigenvalue weighted by molar-refractivity contribution is 9.10. The van der Waals surface area contributed by atoms with Crippen molar-refractivity contribution in [3.8, 4) is 0 Å². The number of rotatable bonds is 4. The Morgan fingerprint density at radius 1 is 1.46 bits per heavy atom. The molecular weight excluding hydrogens is 312 g/mol. The SMILES string of the molecule is CC(C)C(CBr)Cc1cc(Br)cs1. The molecule has 0 aliphatic carbocycles. The fraction of sp³-hybridized carbons (Fsp3) is 0.600. The van der Waals surface area contributed by atoms with E-state index in [0.29, 0.717) is 0 Å². The van der Waals surface area contributed by atoms with Crippen LogP contribution in [0, 0.1) is 11.8 Å². The van der Waals surface area contributed by atoms with E-state index in [9.17, 15) is 0 Å². The van der Waals surface area contributed by atoms with Crippen molar-refractivity contribution in [2.75, 3.05) is 5.33 Å². The van der Waals surface area contributed by atoms with Gasteiger partial charge in [0.1, 0.15) is 0 Å². The molecule has 13 heavy (non-hydrogen) atoms. The van der Waals surface area contributed by atoms with E-state index in [1.54, 1.807) is 0 Å². The van der Waals surface area contributed by atoms with Crippen molar-refractivity contribution >= 4 is 43.2 Å². The molecule has 1 aromatic heterocycles. The maximum absolute atomic E-state index is 3.57. The number of halogens is 2. The Kier molecular flexibility index (Phi) is 4.98. The Morgan fingerprint density at radius 2 is 2.15 bits per heavy atom. The lowest BCUT2D eigenvalue weighted by Crippen LogP contribution is -2.12. The molecule has 0 aromatic carbocycles. The zero-order valence-electron chi connectivity index (χ0n) is 7.89. The average Bonchev–Trinajstić information content (AvgIpc) is 2.46. The van der Waals surface area contributed by atoms with E-state index in [0.717, 1.165) is 17.2 Å². The summed E-state index contributed by atoms with van der Waals surface area (Å²) in [7, 11) is 0. The minimum Gasteiger partial charge on any atom is -0.148 e. The molecule has 0 bridgehead atoms. The molecule has 1 rings (SSSR count). The molecule has 0 N–H and O–H groups in total. The highest BCUT2D eigenvalue weighted by Gasteiger charge is 2.13. The van der Waals surface area contributed by atoms with Gasteiger partial charge < -0.3 is 0 Å². The summed E-state index contributed by atoms with van der Waals surface area (Å²) >= 11 is 8.90. The molecule has 3 heteroatoms. The summed E-state index contributed by atoms with van der Waals surface area (Å²) in [6, 6.07) is 2.22. The molecule has 0 fully saturated rings. The van der Waals surface area contributed by atoms with E-state index < -0.39 is 0 Å². The summed E-state index contributed by atoms with van der Waals surface area (Å²) in [6.45, 7) is 4.57. The summed E-state index contributed by atoms with van der Waals surface area (Å²) in [6.07, 6.45) is 1.19. The Hall–Kier alpha value is 0.660. The van der Waals surface area contributed by atoms with Crippen LogP contribution in [0.25, 0.3) is 0 Å². The number of hydrogen-bond acceptors (Lipinski definition) is 1. The molecule has 74 valence electrons. The van der Waals surface area contributed by atoms with Crippen LogP contribution < -0.4 is 0 Å². The van der Waals surface area contributed by atoms with Crippen LogP contribution in [0.3, 0.4) is 0 Å². The molecule has 0 radical (unpaired) electrons. The predicted molar refractivity (Wildman–Crippen MR) is 67.8 cm³/mol. The lowest BCUT2D eigenvalue weighted by Gasteiger charge is -2.16. The molecular formula is C10H14Br2S. The molecule has 0 spiro atoms. The lowest BCUT2D eigenvalue weighted by atomic mass is 9.94. The topological polar surface area (TPSA) is 0 Å². The van der Waals surface area contributed by atoms with E-state index in [1.807, 2.05) is 11.3 Å². The Labute approximate surface area is 101 Å². The number of hydrogen-bond donors (Lipinski definition) is 0. The van der Waals surface area contributed by atoms with Crippen molar-refractivity contribution in [2.45, 2.75) is 20.3 Å². The largest absolute Gasteiger partial charge is 0.148 e. The summed E-state index contributed by atoms with van der Waals surface area (Å²) in [4.78, 5) is 1.48. The monoisotopic (exact) mass is 324 g/mol. The first kappa shape index (κ1) is 11.7. The minimum atomic E-state index is 0.750. The van der Waals surface area contributed by atoms with Crippen molar-refractivity contribution in [3.05, 3.63) is 20.8 Å². The molecule has 0 aliphatic rings. The predicted octanol–water partition coefficient (Wildman–Crippen LogP) is 4.72. The fourth-order valence-electron chi connectivity index (χ4n) is 1.19. The van der Waals surface area contributed by atoms with Crippen LogP contribution in [0.5, 0.6) is 0 Å². The number of alkyl halides is 1. The highest BCUT2D eigenvalue weighted by atomic mass is 79.9. The third-order valence-electron chi connectivity index (χ3n) is 2.23. The number of thiophene rings is 1. The lowest BCUT2D eigenvalue weighted by molar-refractivity contribution is 0.429. The fourth-order valence-corrected chi connectivity index (χ4v) is 3.71. The summed E-state index contributed by atoms with van der Waals surface area (Å²) in [5.74, 6) is 1.51. The Bertz CT molecular complexity index is 255. The molecule has 1 atom stereocenters. The van der Waals surface area contributed by atoms with Crippen LogP contribution >= 0.6 is 43.2 Å². The molecule has 0 amide bonds. The van der Waals surface area contributed by atoms with Gasteiger partial charge in [0.2, 0.25) is 0 Å². The second-order valence-electron chi connectivity index (χ2n) is 3.59. The van der Waals surface area contributed by atoms with E-state index in [4.69, 9.17) is 0 Å². The van der Waals surface area contributed by atoms with Crippen molar-refractivity contribution in [1.82, 2.24) is 0 Å². The van der Waals surface area contributed by atoms with Gasteiger partial charge >= 0.3 is 0 Å². The van der Waals surface area contributed by atoms with Gasteiger partial charge in [-0.05, 0) is 40.3 Å². The maximum atomic E-state index is 3.57. The van der Waals surface area contributed by atoms with Crippen LogP contribution in [0.4, 0.5) is 0 Å². The van der Waals surface area contributed by atoms with Gasteiger partial charge in [-0.25, -0.2) is 0 Å². The Morgan fingerprint density at radius 3 is 2.54 bits per heavy atom. The van der Waals surface area contributed by atoms with Gasteiger partial charge in [0, 0.05) is 20.1 Å². The molecule has 1 heterocycles. The molecule has 0 saturated carbocycles. The third kappa shape index (κ3) is 3.72. The van der Waals surface area contributed by atoms with Gasteiger partial charge in [-0.2, -0.15) is 0 Å². The third-order valence-corrected chi connectivity index (χ3v) is 4.78. The zero-order chi connectivity index (χ0) is 9.84. The first-order valence-corrected chi connectivity index (χ1v) is 7.21. The van der Waals surface area contributed by atoms with Crippen molar-refractivity contribution in [1.29, 1.82) is 0 Å². The van der Waals surface area contributed by atoms with E-state index >= 15 is 0 Å². The van der Waals surface area contributed by atoms with Crippen LogP contribution in [0.1, 0.15) is 18.7 Å². The molecule has 0 aliphatic heterocycles. The van der Waals surface area contributed by atoms with Crippen LogP contribution in [-0.2, 0) is 6.42 Å². The van der Waals surface area contributed by atoms with Gasteiger partial charge in [-0.1, -0.05) is 29.8 Å². The van der Waals surface area contributed by atoms with Gasteiger partial charge in [-0.15, -0.1) is 11.3 Å². The van der Waals surface area contributed by atoms with E-state index in [2.05, 4.69) is 57.2 Å². The van der Waals surface area contributed by atoms with Crippen LogP contribution in [0.2, 0.25) is 0 Å². The average molecular weight is 326 g/mol. The van der Waals surface area contributed by atoms with Crippen LogP contribution in [0.15, 0.2) is 15.9 Å². The first-order chi connectivity index (χ1) is 6.13. The summed E-state index contributed by atoms with van der Waals surface area (Å²) in [5, 5.41) is 3.25. The zero-order valence-corrected chi connectivity index (χ0v) is 11.9. The molecule has 1 aromatic rings. The first-order valence-electron chi connectivity index (χ1n) is 4.42. The van der Waals surface area contributed by atoms with E-state index in [-0.39, 0.29) is 0 Å². The summed E-state index contributed by atoms with van der Waals surface area (Å²) in [5.41, 5.74) is 0. The Balaban J connectivity index is 2.56. The van der Waals surface area contributed by atoms with Gasteiger partial charge in [0.15, 0.2) is 0 Å². The molecule has 0 nitrogen and oxygen atoms in total. The summed E-state index contributed by atoms with van der Waals surface area (Å²) < 4.78 is 1.21. The molecule has 1 unspecified atom stereocenters. The standard InChI is InChI=1S/C10H14Br2S/c1-7(2)8(5-11)3-10-4-9(12)6-13-10/h4,6-8H,3,5H2,1-2H3. The second kappa shape index (κ2) is 5.52.